The largest absolute Gasteiger partial charge is 0.293 e. The van der Waals surface area contributed by atoms with Crippen LogP contribution < -0.4 is 0 Å². The maximum atomic E-state index is 12.0. The van der Waals surface area contributed by atoms with Gasteiger partial charge in [0, 0.05) is 16.5 Å². The lowest BCUT2D eigenvalue weighted by Gasteiger charge is -2.03. The van der Waals surface area contributed by atoms with Gasteiger partial charge in [0.15, 0.2) is 5.78 Å². The SMILES string of the molecule is Cc1ncsc1C(=O)Cc1cc(Cl)ccc1Cl. The summed E-state index contributed by atoms with van der Waals surface area (Å²) in [6, 6.07) is 5.13. The molecule has 5 heteroatoms. The van der Waals surface area contributed by atoms with Gasteiger partial charge in [-0.3, -0.25) is 4.79 Å². The van der Waals surface area contributed by atoms with Crippen molar-refractivity contribution < 1.29 is 4.79 Å². The van der Waals surface area contributed by atoms with Crippen molar-refractivity contribution >= 4 is 40.3 Å². The Morgan fingerprint density at radius 1 is 1.41 bits per heavy atom. The molecule has 1 aromatic carbocycles. The summed E-state index contributed by atoms with van der Waals surface area (Å²) in [7, 11) is 0. The Hall–Kier alpha value is -0.900. The number of carbonyl (C=O) groups is 1. The second-order valence-corrected chi connectivity index (χ2v) is 5.30. The van der Waals surface area contributed by atoms with E-state index < -0.39 is 0 Å². The van der Waals surface area contributed by atoms with Crippen molar-refractivity contribution in [1.29, 1.82) is 0 Å². The minimum Gasteiger partial charge on any atom is -0.293 e. The first-order valence-corrected chi connectivity index (χ1v) is 6.58. The van der Waals surface area contributed by atoms with Crippen molar-refractivity contribution in [3.05, 3.63) is 49.9 Å². The normalized spacial score (nSPS) is 10.5. The maximum Gasteiger partial charge on any atom is 0.179 e. The average molecular weight is 286 g/mol. The summed E-state index contributed by atoms with van der Waals surface area (Å²) in [4.78, 5) is 16.8. The van der Waals surface area contributed by atoms with Gasteiger partial charge in [-0.2, -0.15) is 0 Å². The van der Waals surface area contributed by atoms with E-state index in [2.05, 4.69) is 4.98 Å². The van der Waals surface area contributed by atoms with E-state index >= 15 is 0 Å². The van der Waals surface area contributed by atoms with E-state index in [1.54, 1.807) is 23.7 Å². The van der Waals surface area contributed by atoms with E-state index in [0.717, 1.165) is 11.3 Å². The maximum absolute atomic E-state index is 12.0. The number of halogens is 2. The first-order valence-electron chi connectivity index (χ1n) is 4.95. The van der Waals surface area contributed by atoms with Gasteiger partial charge >= 0.3 is 0 Å². The van der Waals surface area contributed by atoms with Crippen LogP contribution in [0.3, 0.4) is 0 Å². The highest BCUT2D eigenvalue weighted by atomic mass is 35.5. The molecule has 0 bridgehead atoms. The Kier molecular flexibility index (Phi) is 3.82. The summed E-state index contributed by atoms with van der Waals surface area (Å²) in [5.74, 6) is 0.0224. The monoisotopic (exact) mass is 285 g/mol. The molecule has 2 aromatic rings. The van der Waals surface area contributed by atoms with Crippen molar-refractivity contribution in [1.82, 2.24) is 4.98 Å². The van der Waals surface area contributed by atoms with Crippen LogP contribution in [0, 0.1) is 6.92 Å². The number of Topliss-reactive ketones (excluding diaryl/α,β-unsaturated/α-hetero) is 1. The molecule has 0 spiro atoms. The molecule has 2 rings (SSSR count). The Labute approximate surface area is 113 Å². The standard InChI is InChI=1S/C12H9Cl2NOS/c1-7-12(17-6-15-7)11(16)5-8-4-9(13)2-3-10(8)14/h2-4,6H,5H2,1H3. The second kappa shape index (κ2) is 5.17. The first-order chi connectivity index (χ1) is 8.08. The van der Waals surface area contributed by atoms with E-state index in [9.17, 15) is 4.79 Å². The Morgan fingerprint density at radius 3 is 2.82 bits per heavy atom. The summed E-state index contributed by atoms with van der Waals surface area (Å²) in [6.45, 7) is 1.82. The number of aryl methyl sites for hydroxylation is 1. The van der Waals surface area contributed by atoms with Gasteiger partial charge in [0.2, 0.25) is 0 Å². The third-order valence-electron chi connectivity index (χ3n) is 2.36. The molecule has 1 heterocycles. The summed E-state index contributed by atoms with van der Waals surface area (Å²) >= 11 is 13.2. The van der Waals surface area contributed by atoms with Crippen LogP contribution in [0.2, 0.25) is 10.0 Å². The van der Waals surface area contributed by atoms with Gasteiger partial charge in [0.1, 0.15) is 0 Å². The molecule has 0 aliphatic rings. The molecule has 17 heavy (non-hydrogen) atoms. The molecule has 0 aliphatic carbocycles. The van der Waals surface area contributed by atoms with Crippen LogP contribution in [0.15, 0.2) is 23.7 Å². The molecule has 0 atom stereocenters. The summed E-state index contributed by atoms with van der Waals surface area (Å²) < 4.78 is 0. The zero-order chi connectivity index (χ0) is 12.4. The number of nitrogens with zero attached hydrogens (tertiary/aromatic N) is 1. The minimum absolute atomic E-state index is 0.0224. The molecule has 0 amide bonds. The van der Waals surface area contributed by atoms with Crippen LogP contribution in [0.25, 0.3) is 0 Å². The third-order valence-corrected chi connectivity index (χ3v) is 3.93. The summed E-state index contributed by atoms with van der Waals surface area (Å²) in [6.07, 6.45) is 0.252. The number of thiazole rings is 1. The molecular formula is C12H9Cl2NOS. The van der Waals surface area contributed by atoms with Crippen molar-refractivity contribution in [2.75, 3.05) is 0 Å². The van der Waals surface area contributed by atoms with E-state index in [-0.39, 0.29) is 12.2 Å². The van der Waals surface area contributed by atoms with Crippen molar-refractivity contribution in [3.8, 4) is 0 Å². The van der Waals surface area contributed by atoms with Gasteiger partial charge in [0.05, 0.1) is 16.1 Å². The fourth-order valence-corrected chi connectivity index (χ4v) is 2.62. The van der Waals surface area contributed by atoms with Crippen molar-refractivity contribution in [2.24, 2.45) is 0 Å². The first kappa shape index (κ1) is 12.6. The minimum atomic E-state index is 0.0224. The summed E-state index contributed by atoms with van der Waals surface area (Å²) in [5.41, 5.74) is 3.18. The van der Waals surface area contributed by atoms with E-state index in [0.29, 0.717) is 14.9 Å². The molecule has 1 aromatic heterocycles. The van der Waals surface area contributed by atoms with Gasteiger partial charge in [0.25, 0.3) is 0 Å². The Bertz CT molecular complexity index is 565. The number of rotatable bonds is 3. The smallest absolute Gasteiger partial charge is 0.179 e. The van der Waals surface area contributed by atoms with Gasteiger partial charge in [-0.15, -0.1) is 11.3 Å². The van der Waals surface area contributed by atoms with Crippen LogP contribution in [0.5, 0.6) is 0 Å². The Morgan fingerprint density at radius 2 is 2.18 bits per heavy atom. The summed E-state index contributed by atoms with van der Waals surface area (Å²) in [5, 5.41) is 1.14. The fourth-order valence-electron chi connectivity index (χ4n) is 1.50. The molecule has 0 unspecified atom stereocenters. The predicted octanol–water partition coefficient (Wildman–Crippen LogP) is 4.18. The number of benzene rings is 1. The topological polar surface area (TPSA) is 30.0 Å². The highest BCUT2D eigenvalue weighted by molar-refractivity contribution is 7.11. The zero-order valence-corrected chi connectivity index (χ0v) is 11.4. The Balaban J connectivity index is 2.24. The lowest BCUT2D eigenvalue weighted by molar-refractivity contribution is 0.0996. The highest BCUT2D eigenvalue weighted by Gasteiger charge is 2.14. The van der Waals surface area contributed by atoms with Gasteiger partial charge in [-0.25, -0.2) is 4.98 Å². The van der Waals surface area contributed by atoms with Gasteiger partial charge in [-0.05, 0) is 30.7 Å². The van der Waals surface area contributed by atoms with E-state index in [1.807, 2.05) is 6.92 Å². The van der Waals surface area contributed by atoms with Crippen molar-refractivity contribution in [2.45, 2.75) is 13.3 Å². The molecule has 0 saturated carbocycles. The lowest BCUT2D eigenvalue weighted by Crippen LogP contribution is -2.03. The van der Waals surface area contributed by atoms with Crippen LogP contribution in [-0.2, 0) is 6.42 Å². The number of aromatic nitrogens is 1. The van der Waals surface area contributed by atoms with Gasteiger partial charge in [-0.1, -0.05) is 23.2 Å². The van der Waals surface area contributed by atoms with Gasteiger partial charge < -0.3 is 0 Å². The number of carbonyl (C=O) groups excluding carboxylic acids is 1. The quantitative estimate of drug-likeness (QED) is 0.792. The number of ketones is 1. The van der Waals surface area contributed by atoms with Crippen LogP contribution in [0.4, 0.5) is 0 Å². The molecule has 0 aliphatic heterocycles. The van der Waals surface area contributed by atoms with Crippen LogP contribution >= 0.6 is 34.5 Å². The fraction of sp³-hybridized carbons (Fsp3) is 0.167. The molecule has 0 N–H and O–H groups in total. The number of hydrogen-bond donors (Lipinski definition) is 0. The molecule has 0 radical (unpaired) electrons. The van der Waals surface area contributed by atoms with Crippen LogP contribution in [0.1, 0.15) is 20.9 Å². The molecule has 88 valence electrons. The molecule has 0 fully saturated rings. The van der Waals surface area contributed by atoms with E-state index in [4.69, 9.17) is 23.2 Å². The molecule has 0 saturated heterocycles. The molecule has 2 nitrogen and oxygen atoms in total. The predicted molar refractivity (Wildman–Crippen MR) is 71.3 cm³/mol. The lowest BCUT2D eigenvalue weighted by atomic mass is 10.1. The number of hydrogen-bond acceptors (Lipinski definition) is 3. The highest BCUT2D eigenvalue weighted by Crippen LogP contribution is 2.23. The third kappa shape index (κ3) is 2.86. The van der Waals surface area contributed by atoms with E-state index in [1.165, 1.54) is 11.3 Å². The van der Waals surface area contributed by atoms with Crippen LogP contribution in [-0.4, -0.2) is 10.8 Å². The second-order valence-electron chi connectivity index (χ2n) is 3.60. The average Bonchev–Trinajstić information content (AvgIpc) is 2.70. The van der Waals surface area contributed by atoms with Crippen molar-refractivity contribution in [3.63, 3.8) is 0 Å². The zero-order valence-electron chi connectivity index (χ0n) is 9.04. The molecular weight excluding hydrogens is 277 g/mol.